The van der Waals surface area contributed by atoms with Crippen molar-refractivity contribution in [2.45, 2.75) is 45.7 Å². The maximum Gasteiger partial charge on any atom is 0.416 e. The molecule has 5 rings (SSSR count). The predicted molar refractivity (Wildman–Crippen MR) is 180 cm³/mol. The largest absolute Gasteiger partial charge is 0.416 e. The molecule has 244 valence electrons. The number of benzene rings is 2. The number of aromatic nitrogens is 3. The number of anilines is 1. The number of carbonyl (C=O) groups is 2. The molecular weight excluding hydrogens is 613 g/mol. The predicted octanol–water partition coefficient (Wildman–Crippen LogP) is 8.21. The summed E-state index contributed by atoms with van der Waals surface area (Å²) in [7, 11) is 3.42. The van der Waals surface area contributed by atoms with Gasteiger partial charge in [0.15, 0.2) is 5.82 Å². The number of piperidine rings is 1. The number of aryl methyl sites for hydroxylation is 1. The number of nitrogens with zero attached hydrogens (tertiary/aromatic N) is 5. The normalized spacial score (nSPS) is 13.3. The fraction of sp³-hybridized carbons (Fsp3) is 0.324. The van der Waals surface area contributed by atoms with E-state index in [1.54, 1.807) is 53.3 Å². The first-order chi connectivity index (χ1) is 22.0. The second-order valence-corrected chi connectivity index (χ2v) is 11.0. The van der Waals surface area contributed by atoms with Crippen LogP contribution in [0.1, 0.15) is 76.5 Å². The fourth-order valence-corrected chi connectivity index (χ4v) is 5.89. The van der Waals surface area contributed by atoms with Gasteiger partial charge in [0.05, 0.1) is 10.6 Å². The van der Waals surface area contributed by atoms with E-state index in [1.807, 2.05) is 39.1 Å². The monoisotopic (exact) mass is 652 g/mol. The summed E-state index contributed by atoms with van der Waals surface area (Å²) in [6, 6.07) is 11.8. The molecule has 4 aromatic rings. The summed E-state index contributed by atoms with van der Waals surface area (Å²) < 4.78 is 40.7. The van der Waals surface area contributed by atoms with E-state index in [9.17, 15) is 22.8 Å². The van der Waals surface area contributed by atoms with Crippen molar-refractivity contribution >= 4 is 41.8 Å². The summed E-state index contributed by atoms with van der Waals surface area (Å²) in [6.45, 7) is 10.0. The molecule has 2 amide bonds. The van der Waals surface area contributed by atoms with Gasteiger partial charge in [-0.1, -0.05) is 56.3 Å². The van der Waals surface area contributed by atoms with Gasteiger partial charge in [-0.15, -0.1) is 11.3 Å². The minimum atomic E-state index is -4.42. The molecule has 8 nitrogen and oxygen atoms in total. The highest BCUT2D eigenvalue weighted by atomic mass is 32.1. The molecule has 0 unspecified atom stereocenters. The molecule has 2 aromatic carbocycles. The zero-order chi connectivity index (χ0) is 33.9. The van der Waals surface area contributed by atoms with E-state index in [0.717, 1.165) is 22.7 Å². The number of aliphatic imine (C=N–C) groups is 1. The highest BCUT2D eigenvalue weighted by Crippen LogP contribution is 2.34. The SMILES string of the molecule is C/C=C/c1cn(C)nc1NC(=O)c1csc(C2CCN(C(=O)c3ccccc3-c3ccc(C(F)(F)F)cc3)CC2)n1.C=NC.CC. The van der Waals surface area contributed by atoms with Gasteiger partial charge in [0.2, 0.25) is 0 Å². The van der Waals surface area contributed by atoms with Crippen LogP contribution in [0.2, 0.25) is 0 Å². The maximum absolute atomic E-state index is 13.5. The summed E-state index contributed by atoms with van der Waals surface area (Å²) >= 11 is 1.43. The number of hydrogen-bond donors (Lipinski definition) is 1. The molecule has 0 radical (unpaired) electrons. The van der Waals surface area contributed by atoms with Crippen LogP contribution in [0.15, 0.2) is 71.2 Å². The molecule has 46 heavy (non-hydrogen) atoms. The molecule has 1 N–H and O–H groups in total. The maximum atomic E-state index is 13.5. The summed E-state index contributed by atoms with van der Waals surface area (Å²) in [4.78, 5) is 35.9. The first-order valence-corrected chi connectivity index (χ1v) is 15.8. The van der Waals surface area contributed by atoms with Crippen molar-refractivity contribution in [2.75, 3.05) is 25.5 Å². The van der Waals surface area contributed by atoms with E-state index in [1.165, 1.54) is 23.5 Å². The highest BCUT2D eigenvalue weighted by Gasteiger charge is 2.31. The van der Waals surface area contributed by atoms with Crippen LogP contribution in [-0.2, 0) is 13.2 Å². The first-order valence-electron chi connectivity index (χ1n) is 14.9. The summed E-state index contributed by atoms with van der Waals surface area (Å²) in [5.41, 5.74) is 1.99. The third kappa shape index (κ3) is 9.00. The number of allylic oxidation sites excluding steroid dienone is 1. The molecule has 0 spiro atoms. The van der Waals surface area contributed by atoms with Gasteiger partial charge in [-0.05, 0) is 55.8 Å². The van der Waals surface area contributed by atoms with E-state index in [-0.39, 0.29) is 17.7 Å². The number of likely N-dealkylation sites (tertiary alicyclic amines) is 1. The summed E-state index contributed by atoms with van der Waals surface area (Å²) in [6.07, 6.45) is 2.52. The number of thiazole rings is 1. The second-order valence-electron chi connectivity index (χ2n) is 10.1. The molecule has 1 aliphatic rings. The van der Waals surface area contributed by atoms with Crippen molar-refractivity contribution in [2.24, 2.45) is 12.0 Å². The molecule has 0 bridgehead atoms. The standard InChI is InChI=1S/C30H28F3N5O2S.C2H5N.C2H6/c1-3-6-21-17-37(2)36-26(21)35-27(39)25-18-41-28(34-25)20-13-15-38(16-14-20)29(40)24-8-5-4-7-23(24)19-9-11-22(12-10-19)30(31,32)33;1-3-2;1-2/h3-12,17-18,20H,13-16H2,1-2H3,(H,35,36,39);1H2,2H3;1-2H3/b6-3+;;. The zero-order valence-electron chi connectivity index (χ0n) is 26.6. The molecule has 0 atom stereocenters. The highest BCUT2D eigenvalue weighted by molar-refractivity contribution is 7.10. The average Bonchev–Trinajstić information content (AvgIpc) is 3.69. The lowest BCUT2D eigenvalue weighted by Crippen LogP contribution is -2.38. The molecule has 12 heteroatoms. The van der Waals surface area contributed by atoms with Gasteiger partial charge in [-0.25, -0.2) is 4.98 Å². The lowest BCUT2D eigenvalue weighted by atomic mass is 9.94. The third-order valence-corrected chi connectivity index (χ3v) is 8.01. The van der Waals surface area contributed by atoms with Gasteiger partial charge in [-0.3, -0.25) is 14.3 Å². The number of hydrogen-bond acceptors (Lipinski definition) is 6. The van der Waals surface area contributed by atoms with Crippen molar-refractivity contribution in [3.63, 3.8) is 0 Å². The topological polar surface area (TPSA) is 92.5 Å². The van der Waals surface area contributed by atoms with Gasteiger partial charge in [-0.2, -0.15) is 18.3 Å². The third-order valence-electron chi connectivity index (χ3n) is 7.00. The minimum Gasteiger partial charge on any atom is -0.339 e. The Bertz CT molecular complexity index is 1630. The van der Waals surface area contributed by atoms with Crippen LogP contribution in [0, 0.1) is 0 Å². The van der Waals surface area contributed by atoms with Crippen LogP contribution >= 0.6 is 11.3 Å². The Morgan fingerprint density at radius 2 is 1.72 bits per heavy atom. The quantitative estimate of drug-likeness (QED) is 0.213. The van der Waals surface area contributed by atoms with Gasteiger partial charge in [0.1, 0.15) is 5.69 Å². The van der Waals surface area contributed by atoms with E-state index in [4.69, 9.17) is 0 Å². The van der Waals surface area contributed by atoms with Crippen LogP contribution in [0.25, 0.3) is 17.2 Å². The Labute approximate surface area is 271 Å². The average molecular weight is 653 g/mol. The van der Waals surface area contributed by atoms with Gasteiger partial charge in [0, 0.05) is 55.8 Å². The summed E-state index contributed by atoms with van der Waals surface area (Å²) in [5.74, 6) is 0.0904. The Balaban J connectivity index is 0.00000109. The molecule has 1 saturated heterocycles. The Hall–Kier alpha value is -4.58. The van der Waals surface area contributed by atoms with E-state index < -0.39 is 11.7 Å². The Morgan fingerprint density at radius 3 is 2.33 bits per heavy atom. The number of amides is 2. The van der Waals surface area contributed by atoms with Crippen LogP contribution in [0.4, 0.5) is 19.0 Å². The number of carbonyl (C=O) groups excluding carboxylic acids is 2. The summed E-state index contributed by atoms with van der Waals surface area (Å²) in [5, 5.41) is 9.72. The Kier molecular flexibility index (Phi) is 13.0. The number of halogens is 3. The van der Waals surface area contributed by atoms with Crippen molar-refractivity contribution < 1.29 is 22.8 Å². The molecule has 3 heterocycles. The smallest absolute Gasteiger partial charge is 0.339 e. The number of rotatable bonds is 6. The molecule has 2 aromatic heterocycles. The zero-order valence-corrected chi connectivity index (χ0v) is 27.5. The number of nitrogens with one attached hydrogen (secondary N) is 1. The van der Waals surface area contributed by atoms with Crippen molar-refractivity contribution in [3.05, 3.63) is 93.6 Å². The van der Waals surface area contributed by atoms with Crippen LogP contribution in [0.3, 0.4) is 0 Å². The first kappa shape index (κ1) is 35.9. The molecular formula is C34H39F3N6O2S. The second kappa shape index (κ2) is 16.6. The van der Waals surface area contributed by atoms with Crippen LogP contribution < -0.4 is 5.32 Å². The molecule has 0 aliphatic carbocycles. The van der Waals surface area contributed by atoms with Crippen molar-refractivity contribution in [1.29, 1.82) is 0 Å². The van der Waals surface area contributed by atoms with Crippen molar-refractivity contribution in [1.82, 2.24) is 19.7 Å². The molecule has 1 aliphatic heterocycles. The van der Waals surface area contributed by atoms with Gasteiger partial charge < -0.3 is 15.2 Å². The lowest BCUT2D eigenvalue weighted by Gasteiger charge is -2.31. The fourth-order valence-electron chi connectivity index (χ4n) is 4.92. The van der Waals surface area contributed by atoms with E-state index in [0.29, 0.717) is 54.1 Å². The van der Waals surface area contributed by atoms with Crippen LogP contribution in [0.5, 0.6) is 0 Å². The molecule has 1 fully saturated rings. The minimum absolute atomic E-state index is 0.115. The van der Waals surface area contributed by atoms with E-state index in [2.05, 4.69) is 27.1 Å². The number of alkyl halides is 3. The van der Waals surface area contributed by atoms with Gasteiger partial charge in [0.25, 0.3) is 11.8 Å². The molecule has 0 saturated carbocycles. The van der Waals surface area contributed by atoms with Crippen LogP contribution in [-0.4, -0.2) is 58.3 Å². The Morgan fingerprint density at radius 1 is 1.09 bits per heavy atom. The van der Waals surface area contributed by atoms with Crippen molar-refractivity contribution in [3.8, 4) is 11.1 Å². The lowest BCUT2D eigenvalue weighted by molar-refractivity contribution is -0.137. The van der Waals surface area contributed by atoms with Gasteiger partial charge >= 0.3 is 6.18 Å². The van der Waals surface area contributed by atoms with E-state index >= 15 is 0 Å².